The quantitative estimate of drug-likeness (QED) is 0.610. The van der Waals surface area contributed by atoms with Crippen LogP contribution in [0.3, 0.4) is 0 Å². The second-order valence-electron chi connectivity index (χ2n) is 6.48. The monoisotopic (exact) mass is 428 g/mol. The molecule has 0 radical (unpaired) electrons. The van der Waals surface area contributed by atoms with Gasteiger partial charge in [0.15, 0.2) is 11.5 Å². The fraction of sp³-hybridized carbons (Fsp3) is 0.300. The molecule has 27 heavy (non-hydrogen) atoms. The molecule has 1 aromatic heterocycles. The van der Waals surface area contributed by atoms with Crippen molar-refractivity contribution in [2.75, 3.05) is 25.6 Å². The third kappa shape index (κ3) is 4.14. The molecule has 1 fully saturated rings. The summed E-state index contributed by atoms with van der Waals surface area (Å²) >= 11 is 3.49. The van der Waals surface area contributed by atoms with E-state index in [1.807, 2.05) is 36.4 Å². The van der Waals surface area contributed by atoms with E-state index in [1.54, 1.807) is 13.4 Å². The number of nitrogens with one attached hydrogen (secondary N) is 2. The van der Waals surface area contributed by atoms with Crippen molar-refractivity contribution in [3.8, 4) is 11.5 Å². The molecule has 140 valence electrons. The van der Waals surface area contributed by atoms with Crippen LogP contribution >= 0.6 is 15.9 Å². The molecular weight excluding hydrogens is 408 g/mol. The lowest BCUT2D eigenvalue weighted by atomic mass is 10.2. The molecule has 0 bridgehead atoms. The first-order chi connectivity index (χ1) is 13.2. The number of methoxy groups -OCH3 is 1. The lowest BCUT2D eigenvalue weighted by Gasteiger charge is -2.16. The molecule has 2 aromatic carbocycles. The average molecular weight is 429 g/mol. The van der Waals surface area contributed by atoms with Gasteiger partial charge in [-0.25, -0.2) is 9.97 Å². The first-order valence-corrected chi connectivity index (χ1v) is 9.74. The number of benzene rings is 2. The van der Waals surface area contributed by atoms with Gasteiger partial charge in [0.05, 0.1) is 12.6 Å². The van der Waals surface area contributed by atoms with Gasteiger partial charge in [-0.05, 0) is 43.7 Å². The van der Waals surface area contributed by atoms with Crippen molar-refractivity contribution in [1.29, 1.82) is 0 Å². The predicted molar refractivity (Wildman–Crippen MR) is 110 cm³/mol. The Morgan fingerprint density at radius 2 is 2.15 bits per heavy atom. The smallest absolute Gasteiger partial charge is 0.162 e. The van der Waals surface area contributed by atoms with E-state index in [9.17, 15) is 0 Å². The van der Waals surface area contributed by atoms with E-state index in [4.69, 9.17) is 9.47 Å². The maximum absolute atomic E-state index is 6.07. The van der Waals surface area contributed by atoms with Gasteiger partial charge in [-0.3, -0.25) is 0 Å². The van der Waals surface area contributed by atoms with Crippen molar-refractivity contribution in [3.05, 3.63) is 47.2 Å². The van der Waals surface area contributed by atoms with E-state index in [1.165, 1.54) is 6.42 Å². The summed E-state index contributed by atoms with van der Waals surface area (Å²) in [6.45, 7) is 1.67. The third-order valence-electron chi connectivity index (χ3n) is 4.61. The molecule has 4 rings (SSSR count). The highest BCUT2D eigenvalue weighted by molar-refractivity contribution is 9.10. The highest BCUT2D eigenvalue weighted by atomic mass is 79.9. The standard InChI is InChI=1S/C20H21BrN4O2/c1-26-18-10-17-16(9-19(18)27-11-15-6-3-7-22-15)20(24-12-23-17)25-14-5-2-4-13(21)8-14/h2,4-5,8-10,12,15,22H,3,6-7,11H2,1H3,(H,23,24,25)/t15-/m0/s1. The van der Waals surface area contributed by atoms with Crippen molar-refractivity contribution in [3.63, 3.8) is 0 Å². The molecule has 7 heteroatoms. The second-order valence-corrected chi connectivity index (χ2v) is 7.40. The lowest BCUT2D eigenvalue weighted by molar-refractivity contribution is 0.263. The summed E-state index contributed by atoms with van der Waals surface area (Å²) in [6, 6.07) is 12.2. The zero-order valence-corrected chi connectivity index (χ0v) is 16.6. The highest BCUT2D eigenvalue weighted by Gasteiger charge is 2.17. The molecule has 1 atom stereocenters. The largest absolute Gasteiger partial charge is 0.493 e. The van der Waals surface area contributed by atoms with Crippen LogP contribution in [-0.2, 0) is 0 Å². The Morgan fingerprint density at radius 1 is 1.22 bits per heavy atom. The zero-order chi connectivity index (χ0) is 18.6. The molecule has 0 unspecified atom stereocenters. The van der Waals surface area contributed by atoms with Gasteiger partial charge < -0.3 is 20.1 Å². The van der Waals surface area contributed by atoms with Gasteiger partial charge in [-0.15, -0.1) is 0 Å². The van der Waals surface area contributed by atoms with E-state index in [-0.39, 0.29) is 0 Å². The normalized spacial score (nSPS) is 16.4. The van der Waals surface area contributed by atoms with Crippen LogP contribution < -0.4 is 20.1 Å². The van der Waals surface area contributed by atoms with E-state index >= 15 is 0 Å². The van der Waals surface area contributed by atoms with Gasteiger partial charge >= 0.3 is 0 Å². The van der Waals surface area contributed by atoms with Crippen molar-refractivity contribution in [2.45, 2.75) is 18.9 Å². The van der Waals surface area contributed by atoms with Gasteiger partial charge in [0.25, 0.3) is 0 Å². The topological polar surface area (TPSA) is 68.3 Å². The Labute approximate surface area is 166 Å². The molecular formula is C20H21BrN4O2. The first kappa shape index (κ1) is 18.0. The summed E-state index contributed by atoms with van der Waals surface area (Å²) in [6.07, 6.45) is 3.87. The number of hydrogen-bond acceptors (Lipinski definition) is 6. The molecule has 0 amide bonds. The van der Waals surface area contributed by atoms with Crippen LogP contribution in [0.2, 0.25) is 0 Å². The van der Waals surface area contributed by atoms with Crippen molar-refractivity contribution in [2.24, 2.45) is 0 Å². The Bertz CT molecular complexity index is 944. The lowest BCUT2D eigenvalue weighted by Crippen LogP contribution is -2.28. The Morgan fingerprint density at radius 3 is 2.93 bits per heavy atom. The number of rotatable bonds is 6. The van der Waals surface area contributed by atoms with Crippen molar-refractivity contribution < 1.29 is 9.47 Å². The molecule has 2 N–H and O–H groups in total. The molecule has 1 aliphatic rings. The minimum Gasteiger partial charge on any atom is -0.493 e. The summed E-state index contributed by atoms with van der Waals surface area (Å²) in [4.78, 5) is 8.80. The average Bonchev–Trinajstić information content (AvgIpc) is 3.19. The first-order valence-electron chi connectivity index (χ1n) is 8.94. The second kappa shape index (κ2) is 8.10. The fourth-order valence-electron chi connectivity index (χ4n) is 3.23. The number of aromatic nitrogens is 2. The van der Waals surface area contributed by atoms with E-state index in [0.717, 1.165) is 39.8 Å². The van der Waals surface area contributed by atoms with Crippen LogP contribution in [0.1, 0.15) is 12.8 Å². The van der Waals surface area contributed by atoms with Gasteiger partial charge in [0.1, 0.15) is 18.8 Å². The number of fused-ring (bicyclic) bond motifs is 1. The van der Waals surface area contributed by atoms with Gasteiger partial charge in [0.2, 0.25) is 0 Å². The van der Waals surface area contributed by atoms with Gasteiger partial charge in [-0.2, -0.15) is 0 Å². The molecule has 1 aliphatic heterocycles. The van der Waals surface area contributed by atoms with Gasteiger partial charge in [0, 0.05) is 27.7 Å². The summed E-state index contributed by atoms with van der Waals surface area (Å²) < 4.78 is 12.6. The molecule has 0 saturated carbocycles. The Kier molecular flexibility index (Phi) is 5.40. The summed E-state index contributed by atoms with van der Waals surface area (Å²) in [5.41, 5.74) is 1.74. The third-order valence-corrected chi connectivity index (χ3v) is 5.10. The number of ether oxygens (including phenoxy) is 2. The van der Waals surface area contributed by atoms with E-state index in [2.05, 4.69) is 36.5 Å². The summed E-state index contributed by atoms with van der Waals surface area (Å²) in [5.74, 6) is 2.10. The van der Waals surface area contributed by atoms with Gasteiger partial charge in [-0.1, -0.05) is 22.0 Å². The zero-order valence-electron chi connectivity index (χ0n) is 15.0. The highest BCUT2D eigenvalue weighted by Crippen LogP contribution is 2.35. The predicted octanol–water partition coefficient (Wildman–Crippen LogP) is 4.28. The fourth-order valence-corrected chi connectivity index (χ4v) is 3.63. The summed E-state index contributed by atoms with van der Waals surface area (Å²) in [7, 11) is 1.64. The number of halogens is 1. The molecule has 6 nitrogen and oxygen atoms in total. The van der Waals surface area contributed by atoms with Crippen molar-refractivity contribution in [1.82, 2.24) is 15.3 Å². The van der Waals surface area contributed by atoms with Crippen LogP contribution in [0.15, 0.2) is 47.2 Å². The SMILES string of the molecule is COc1cc2ncnc(Nc3cccc(Br)c3)c2cc1OC[C@@H]1CCCN1. The molecule has 3 aromatic rings. The maximum Gasteiger partial charge on any atom is 0.162 e. The molecule has 1 saturated heterocycles. The van der Waals surface area contributed by atoms with Crippen LogP contribution in [0, 0.1) is 0 Å². The number of hydrogen-bond donors (Lipinski definition) is 2. The minimum atomic E-state index is 0.386. The van der Waals surface area contributed by atoms with Crippen LogP contribution in [0.5, 0.6) is 11.5 Å². The Hall–Kier alpha value is -2.38. The molecule has 0 aliphatic carbocycles. The Balaban J connectivity index is 1.66. The van der Waals surface area contributed by atoms with Crippen LogP contribution in [-0.4, -0.2) is 36.3 Å². The van der Waals surface area contributed by atoms with E-state index in [0.29, 0.717) is 24.1 Å². The molecule has 2 heterocycles. The van der Waals surface area contributed by atoms with Crippen molar-refractivity contribution >= 4 is 38.3 Å². The molecule has 0 spiro atoms. The maximum atomic E-state index is 6.07. The minimum absolute atomic E-state index is 0.386. The number of nitrogens with zero attached hydrogens (tertiary/aromatic N) is 2. The van der Waals surface area contributed by atoms with Crippen LogP contribution in [0.25, 0.3) is 10.9 Å². The van der Waals surface area contributed by atoms with E-state index < -0.39 is 0 Å². The number of anilines is 2. The summed E-state index contributed by atoms with van der Waals surface area (Å²) in [5, 5.41) is 7.69. The van der Waals surface area contributed by atoms with Crippen LogP contribution in [0.4, 0.5) is 11.5 Å².